The normalized spacial score (nSPS) is 23.7. The van der Waals surface area contributed by atoms with Gasteiger partial charge < -0.3 is 9.47 Å². The van der Waals surface area contributed by atoms with Crippen molar-refractivity contribution in [2.45, 2.75) is 51.2 Å². The van der Waals surface area contributed by atoms with Crippen LogP contribution >= 0.6 is 11.6 Å². The van der Waals surface area contributed by atoms with Crippen LogP contribution in [0.5, 0.6) is 0 Å². The minimum Gasteiger partial charge on any atom is -0.463 e. The van der Waals surface area contributed by atoms with E-state index >= 15 is 0 Å². The Morgan fingerprint density at radius 3 is 2.82 bits per heavy atom. The smallest absolute Gasteiger partial charge is 0.341 e. The van der Waals surface area contributed by atoms with E-state index in [4.69, 9.17) is 21.1 Å². The van der Waals surface area contributed by atoms with Crippen LogP contribution in [-0.2, 0) is 14.3 Å². The second kappa shape index (κ2) is 7.80. The van der Waals surface area contributed by atoms with Crippen LogP contribution in [-0.4, -0.2) is 24.3 Å². The van der Waals surface area contributed by atoms with E-state index < -0.39 is 5.60 Å². The Hall–Kier alpha value is -1.32. The lowest BCUT2D eigenvalue weighted by Crippen LogP contribution is -2.29. The molecule has 2 rings (SSSR count). The SMILES string of the molecule is CCCCOC(=O)C1(CCC)OC1C=Cc1ccccc1Cl. The Morgan fingerprint density at radius 1 is 1.36 bits per heavy atom. The molecule has 1 heterocycles. The summed E-state index contributed by atoms with van der Waals surface area (Å²) in [6.07, 6.45) is 7.02. The highest BCUT2D eigenvalue weighted by molar-refractivity contribution is 6.32. The van der Waals surface area contributed by atoms with Crippen molar-refractivity contribution in [3.63, 3.8) is 0 Å². The molecule has 1 fully saturated rings. The van der Waals surface area contributed by atoms with Gasteiger partial charge in [0.05, 0.1) is 6.61 Å². The van der Waals surface area contributed by atoms with Gasteiger partial charge >= 0.3 is 5.97 Å². The van der Waals surface area contributed by atoms with E-state index in [1.165, 1.54) is 0 Å². The van der Waals surface area contributed by atoms with Crippen molar-refractivity contribution in [3.8, 4) is 0 Å². The highest BCUT2D eigenvalue weighted by Crippen LogP contribution is 2.43. The van der Waals surface area contributed by atoms with Crippen LogP contribution in [0.15, 0.2) is 30.3 Å². The van der Waals surface area contributed by atoms with Crippen LogP contribution < -0.4 is 0 Å². The Bertz CT molecular complexity index is 541. The predicted molar refractivity (Wildman–Crippen MR) is 88.9 cm³/mol. The molecule has 3 nitrogen and oxygen atoms in total. The number of carbonyl (C=O) groups excluding carboxylic acids is 1. The van der Waals surface area contributed by atoms with E-state index in [-0.39, 0.29) is 12.1 Å². The lowest BCUT2D eigenvalue weighted by molar-refractivity contribution is -0.150. The average Bonchev–Trinajstić information content (AvgIpc) is 3.21. The summed E-state index contributed by atoms with van der Waals surface area (Å²) in [5, 5.41) is 0.686. The molecule has 4 heteroatoms. The summed E-state index contributed by atoms with van der Waals surface area (Å²) in [7, 11) is 0. The molecule has 0 spiro atoms. The standard InChI is InChI=1S/C18H23ClO3/c1-3-5-13-21-17(20)18(12-4-2)16(22-18)11-10-14-8-6-7-9-15(14)19/h6-11,16H,3-5,12-13H2,1-2H3. The Morgan fingerprint density at radius 2 is 2.14 bits per heavy atom. The van der Waals surface area contributed by atoms with Crippen LogP contribution in [0.4, 0.5) is 0 Å². The number of esters is 1. The Balaban J connectivity index is 2.00. The van der Waals surface area contributed by atoms with Gasteiger partial charge in [-0.1, -0.05) is 68.6 Å². The molecular formula is C18H23ClO3. The second-order valence-electron chi connectivity index (χ2n) is 5.55. The summed E-state index contributed by atoms with van der Waals surface area (Å²) < 4.78 is 11.0. The zero-order chi connectivity index (χ0) is 16.0. The second-order valence-corrected chi connectivity index (χ2v) is 5.96. The molecule has 1 aromatic rings. The molecule has 0 bridgehead atoms. The van der Waals surface area contributed by atoms with Crippen LogP contribution in [0, 0.1) is 0 Å². The van der Waals surface area contributed by atoms with E-state index in [2.05, 4.69) is 6.92 Å². The lowest BCUT2D eigenvalue weighted by atomic mass is 9.99. The monoisotopic (exact) mass is 322 g/mol. The van der Waals surface area contributed by atoms with Gasteiger partial charge in [0.1, 0.15) is 6.10 Å². The molecule has 0 radical (unpaired) electrons. The first kappa shape index (κ1) is 17.0. The fraction of sp³-hybridized carbons (Fsp3) is 0.500. The van der Waals surface area contributed by atoms with Crippen LogP contribution in [0.1, 0.15) is 45.1 Å². The van der Waals surface area contributed by atoms with Crippen LogP contribution in [0.2, 0.25) is 5.02 Å². The van der Waals surface area contributed by atoms with Crippen LogP contribution in [0.25, 0.3) is 6.08 Å². The molecule has 1 aliphatic heterocycles. The van der Waals surface area contributed by atoms with Gasteiger partial charge in [-0.05, 0) is 24.5 Å². The summed E-state index contributed by atoms with van der Waals surface area (Å²) in [5.41, 5.74) is 0.129. The molecular weight excluding hydrogens is 300 g/mol. The molecule has 2 atom stereocenters. The lowest BCUT2D eigenvalue weighted by Gasteiger charge is -2.10. The Kier molecular flexibility index (Phi) is 6.04. The maximum atomic E-state index is 12.3. The topological polar surface area (TPSA) is 38.8 Å². The number of epoxide rings is 1. The minimum atomic E-state index is -0.791. The number of rotatable bonds is 8. The number of carbonyl (C=O) groups is 1. The first-order valence-electron chi connectivity index (χ1n) is 7.91. The van der Waals surface area contributed by atoms with Crippen molar-refractivity contribution in [2.75, 3.05) is 6.61 Å². The number of unbranched alkanes of at least 4 members (excludes halogenated alkanes) is 1. The molecule has 1 aliphatic rings. The number of ether oxygens (including phenoxy) is 2. The Labute approximate surface area is 137 Å². The van der Waals surface area contributed by atoms with E-state index in [0.717, 1.165) is 24.8 Å². The zero-order valence-corrected chi connectivity index (χ0v) is 13.9. The average molecular weight is 323 g/mol. The van der Waals surface area contributed by atoms with E-state index in [0.29, 0.717) is 18.1 Å². The molecule has 0 saturated carbocycles. The highest BCUT2D eigenvalue weighted by Gasteiger charge is 2.61. The third-order valence-corrected chi connectivity index (χ3v) is 4.14. The molecule has 0 amide bonds. The van der Waals surface area contributed by atoms with Gasteiger partial charge in [0.25, 0.3) is 0 Å². The van der Waals surface area contributed by atoms with Crippen LogP contribution in [0.3, 0.4) is 0 Å². The molecule has 120 valence electrons. The van der Waals surface area contributed by atoms with Gasteiger partial charge in [-0.3, -0.25) is 0 Å². The molecule has 0 aliphatic carbocycles. The number of hydrogen-bond acceptors (Lipinski definition) is 3. The molecule has 0 N–H and O–H groups in total. The third kappa shape index (κ3) is 3.90. The van der Waals surface area contributed by atoms with E-state index in [1.54, 1.807) is 0 Å². The van der Waals surface area contributed by atoms with Gasteiger partial charge in [-0.25, -0.2) is 4.79 Å². The number of hydrogen-bond donors (Lipinski definition) is 0. The van der Waals surface area contributed by atoms with Crippen molar-refractivity contribution in [3.05, 3.63) is 40.9 Å². The highest BCUT2D eigenvalue weighted by atomic mass is 35.5. The van der Waals surface area contributed by atoms with Crippen molar-refractivity contribution in [2.24, 2.45) is 0 Å². The summed E-state index contributed by atoms with van der Waals surface area (Å²) in [4.78, 5) is 12.3. The summed E-state index contributed by atoms with van der Waals surface area (Å²) in [5.74, 6) is -0.239. The summed E-state index contributed by atoms with van der Waals surface area (Å²) >= 11 is 6.12. The molecule has 1 aromatic carbocycles. The molecule has 1 saturated heterocycles. The summed E-state index contributed by atoms with van der Waals surface area (Å²) in [6.45, 7) is 4.57. The minimum absolute atomic E-state index is 0.224. The predicted octanol–water partition coefficient (Wildman–Crippen LogP) is 4.63. The van der Waals surface area contributed by atoms with Crippen molar-refractivity contribution in [1.29, 1.82) is 0 Å². The fourth-order valence-electron chi connectivity index (χ4n) is 2.46. The van der Waals surface area contributed by atoms with Gasteiger partial charge in [0, 0.05) is 5.02 Å². The largest absolute Gasteiger partial charge is 0.463 e. The van der Waals surface area contributed by atoms with Crippen molar-refractivity contribution < 1.29 is 14.3 Å². The molecule has 22 heavy (non-hydrogen) atoms. The van der Waals surface area contributed by atoms with Gasteiger partial charge in [-0.15, -0.1) is 0 Å². The van der Waals surface area contributed by atoms with E-state index in [1.807, 2.05) is 43.3 Å². The van der Waals surface area contributed by atoms with Gasteiger partial charge in [0.2, 0.25) is 0 Å². The quantitative estimate of drug-likeness (QED) is 0.398. The first-order valence-corrected chi connectivity index (χ1v) is 8.29. The molecule has 2 unspecified atom stereocenters. The fourth-order valence-corrected chi connectivity index (χ4v) is 2.66. The zero-order valence-electron chi connectivity index (χ0n) is 13.2. The summed E-state index contributed by atoms with van der Waals surface area (Å²) in [6, 6.07) is 7.59. The number of halogens is 1. The first-order chi connectivity index (χ1) is 10.6. The maximum Gasteiger partial charge on any atom is 0.341 e. The maximum absolute atomic E-state index is 12.3. The molecule has 0 aromatic heterocycles. The van der Waals surface area contributed by atoms with Gasteiger partial charge in [0.15, 0.2) is 5.60 Å². The van der Waals surface area contributed by atoms with Crippen molar-refractivity contribution >= 4 is 23.6 Å². The van der Waals surface area contributed by atoms with Crippen molar-refractivity contribution in [1.82, 2.24) is 0 Å². The number of benzene rings is 1. The third-order valence-electron chi connectivity index (χ3n) is 3.79. The van der Waals surface area contributed by atoms with E-state index in [9.17, 15) is 4.79 Å². The van der Waals surface area contributed by atoms with Gasteiger partial charge in [-0.2, -0.15) is 0 Å².